The molecule has 262 valence electrons. The molecule has 45 heavy (non-hydrogen) atoms. The van der Waals surface area contributed by atoms with Gasteiger partial charge >= 0.3 is 30.2 Å². The van der Waals surface area contributed by atoms with Gasteiger partial charge in [0.05, 0.1) is 19.6 Å². The molecule has 0 aromatic heterocycles. The molecule has 0 aliphatic rings. The van der Waals surface area contributed by atoms with Gasteiger partial charge in [0.1, 0.15) is 6.61 Å². The normalized spacial score (nSPS) is 13.1. The Morgan fingerprint density at radius 2 is 1.02 bits per heavy atom. The van der Waals surface area contributed by atoms with Crippen LogP contribution in [-0.2, 0) is 38.8 Å². The van der Waals surface area contributed by atoms with Crippen LogP contribution >= 0.6 is 0 Å². The van der Waals surface area contributed by atoms with E-state index in [0.29, 0.717) is 29.5 Å². The lowest BCUT2D eigenvalue weighted by Crippen LogP contribution is -2.36. The number of carbonyl (C=O) groups excluding carboxylic acids is 1. The first-order chi connectivity index (χ1) is 20.9. The number of ether oxygens (including phenoxy) is 3. The van der Waals surface area contributed by atoms with Crippen molar-refractivity contribution in [2.24, 2.45) is 0 Å². The van der Waals surface area contributed by atoms with E-state index in [0.717, 1.165) is 0 Å². The summed E-state index contributed by atoms with van der Waals surface area (Å²) in [5.74, 6) is -10.2. The Bertz CT molecular complexity index is 923. The fourth-order valence-electron chi connectivity index (χ4n) is 4.11. The summed E-state index contributed by atoms with van der Waals surface area (Å²) in [5, 5.41) is 18.7. The minimum absolute atomic E-state index is 0.00696. The fraction of sp³-hybridized carbons (Fsp3) is 0.759. The Balaban J connectivity index is 2.51. The smallest absolute Gasteiger partial charge is 0.453 e. The first-order valence-electron chi connectivity index (χ1n) is 14.5. The van der Waals surface area contributed by atoms with Crippen LogP contribution in [0.15, 0.2) is 18.2 Å². The number of hydrogen-bond donors (Lipinski definition) is 2. The molecule has 0 unspecified atom stereocenters. The second-order valence-corrected chi connectivity index (χ2v) is 10.6. The number of rotatable bonds is 23. The van der Waals surface area contributed by atoms with Crippen molar-refractivity contribution in [1.29, 1.82) is 0 Å². The number of carbonyl (C=O) groups is 1. The second kappa shape index (κ2) is 19.5. The van der Waals surface area contributed by atoms with Crippen LogP contribution in [0, 0.1) is 0 Å². The number of aliphatic hydroxyl groups is 2. The summed E-state index contributed by atoms with van der Waals surface area (Å²) in [6, 6.07) is 4.77. The molecule has 1 aromatic rings. The Morgan fingerprint density at radius 3 is 1.42 bits per heavy atom. The quantitative estimate of drug-likeness (QED) is 0.0528. The van der Waals surface area contributed by atoms with Crippen LogP contribution in [-0.4, -0.2) is 59.9 Å². The van der Waals surface area contributed by atoms with Crippen molar-refractivity contribution < 1.29 is 73.1 Å². The molecule has 0 aliphatic heterocycles. The number of alkyl halides is 10. The molecule has 0 saturated heterocycles. The molecule has 0 radical (unpaired) electrons. The summed E-state index contributed by atoms with van der Waals surface area (Å²) in [7, 11) is 0. The zero-order valence-electron chi connectivity index (χ0n) is 24.6. The third kappa shape index (κ3) is 16.3. The number of esters is 1. The highest BCUT2D eigenvalue weighted by Gasteiger charge is 2.57. The van der Waals surface area contributed by atoms with Crippen molar-refractivity contribution in [1.82, 2.24) is 0 Å². The number of halogens is 10. The predicted molar refractivity (Wildman–Crippen MR) is 141 cm³/mol. The van der Waals surface area contributed by atoms with Gasteiger partial charge in [-0.25, -0.2) is 0 Å². The van der Waals surface area contributed by atoms with Gasteiger partial charge < -0.3 is 24.4 Å². The molecule has 2 N–H and O–H groups in total. The van der Waals surface area contributed by atoms with Crippen molar-refractivity contribution in [3.63, 3.8) is 0 Å². The molecule has 0 spiro atoms. The molecule has 0 saturated carbocycles. The van der Waals surface area contributed by atoms with Crippen molar-refractivity contribution in [3.8, 4) is 0 Å². The topological polar surface area (TPSA) is 85.2 Å². The van der Waals surface area contributed by atoms with Crippen molar-refractivity contribution in [3.05, 3.63) is 34.9 Å². The van der Waals surface area contributed by atoms with E-state index in [9.17, 15) is 58.9 Å². The predicted octanol–water partition coefficient (Wildman–Crippen LogP) is 8.15. The van der Waals surface area contributed by atoms with Crippen LogP contribution < -0.4 is 0 Å². The lowest BCUT2D eigenvalue weighted by atomic mass is 10.1. The van der Waals surface area contributed by atoms with Crippen LogP contribution in [0.1, 0.15) is 93.7 Å². The van der Waals surface area contributed by atoms with Gasteiger partial charge in [0.2, 0.25) is 0 Å². The van der Waals surface area contributed by atoms with Gasteiger partial charge in [-0.3, -0.25) is 4.79 Å². The molecule has 0 heterocycles. The Morgan fingerprint density at radius 1 is 0.622 bits per heavy atom. The van der Waals surface area contributed by atoms with Gasteiger partial charge in [0, 0.05) is 32.5 Å². The molecule has 0 fully saturated rings. The maximum atomic E-state index is 13.0. The van der Waals surface area contributed by atoms with Crippen LogP contribution in [0.2, 0.25) is 0 Å². The Hall–Kier alpha value is -2.17. The monoisotopic (exact) mass is 674 g/mol. The number of unbranched alkanes of at least 4 members (excludes halogenated alkanes) is 6. The highest BCUT2D eigenvalue weighted by atomic mass is 19.4. The van der Waals surface area contributed by atoms with E-state index < -0.39 is 49.3 Å². The molecule has 6 nitrogen and oxygen atoms in total. The summed E-state index contributed by atoms with van der Waals surface area (Å²) in [6.07, 6.45) is -14.4. The van der Waals surface area contributed by atoms with E-state index in [4.69, 9.17) is 14.2 Å². The van der Waals surface area contributed by atoms with Crippen LogP contribution in [0.3, 0.4) is 0 Å². The maximum absolute atomic E-state index is 13.0. The average molecular weight is 675 g/mol. The summed E-state index contributed by atoms with van der Waals surface area (Å²) < 4.78 is 142. The number of benzene rings is 1. The van der Waals surface area contributed by atoms with Gasteiger partial charge in [-0.2, -0.15) is 43.9 Å². The molecule has 0 bridgehead atoms. The van der Waals surface area contributed by atoms with Gasteiger partial charge in [0.25, 0.3) is 0 Å². The molecule has 0 atom stereocenters. The molecule has 1 rings (SSSR count). The summed E-state index contributed by atoms with van der Waals surface area (Å²) >= 11 is 0. The van der Waals surface area contributed by atoms with Crippen molar-refractivity contribution in [2.75, 3.05) is 13.2 Å². The molecule has 0 amide bonds. The number of hydrogen-bond acceptors (Lipinski definition) is 6. The lowest BCUT2D eigenvalue weighted by molar-refractivity contribution is -0.284. The molecular formula is C29H40F10O6. The van der Waals surface area contributed by atoms with E-state index in [1.807, 2.05) is 0 Å². The van der Waals surface area contributed by atoms with Crippen LogP contribution in [0.4, 0.5) is 43.9 Å². The summed E-state index contributed by atoms with van der Waals surface area (Å²) in [6.45, 7) is -0.664. The SMILES string of the molecule is O=C(CCC(OCCCCCCC(F)(F)C(F)(F)F)OCCCCCCC(F)(F)C(F)(F)F)OCc1cc(CO)cc(CO)c1. The third-order valence-corrected chi connectivity index (χ3v) is 6.67. The zero-order chi connectivity index (χ0) is 34.2. The highest BCUT2D eigenvalue weighted by molar-refractivity contribution is 5.69. The van der Waals surface area contributed by atoms with Gasteiger partial charge in [-0.15, -0.1) is 0 Å². The van der Waals surface area contributed by atoms with Gasteiger partial charge in [0.15, 0.2) is 6.29 Å². The van der Waals surface area contributed by atoms with E-state index in [1.165, 1.54) is 0 Å². The lowest BCUT2D eigenvalue weighted by Gasteiger charge is -2.20. The minimum atomic E-state index is -5.61. The molecular weight excluding hydrogens is 634 g/mol. The van der Waals surface area contributed by atoms with Gasteiger partial charge in [-0.05, 0) is 42.4 Å². The van der Waals surface area contributed by atoms with Gasteiger partial charge in [-0.1, -0.05) is 43.9 Å². The van der Waals surface area contributed by atoms with Crippen molar-refractivity contribution >= 4 is 5.97 Å². The molecule has 0 aliphatic carbocycles. The van der Waals surface area contributed by atoms with E-state index >= 15 is 0 Å². The standard InChI is InChI=1S/C29H40F10O6/c30-26(31,28(34,35)36)11-5-1-3-7-13-43-25(44-14-8-4-2-6-12-27(32,33)29(37,38)39)10-9-24(42)45-20-23-16-21(18-40)15-22(17-23)19-41/h15-17,25,40-41H,1-14,18-20H2. The Labute approximate surface area is 255 Å². The van der Waals surface area contributed by atoms with Crippen molar-refractivity contribution in [2.45, 2.75) is 127 Å². The zero-order valence-corrected chi connectivity index (χ0v) is 24.6. The maximum Gasteiger partial charge on any atom is 0.453 e. The fourth-order valence-corrected chi connectivity index (χ4v) is 4.11. The van der Waals surface area contributed by atoms with Crippen LogP contribution in [0.25, 0.3) is 0 Å². The second-order valence-electron chi connectivity index (χ2n) is 10.6. The summed E-state index contributed by atoms with van der Waals surface area (Å²) in [4.78, 5) is 12.3. The summed E-state index contributed by atoms with van der Waals surface area (Å²) in [5.41, 5.74) is 1.55. The van der Waals surface area contributed by atoms with Crippen LogP contribution in [0.5, 0.6) is 0 Å². The van der Waals surface area contributed by atoms with E-state index in [-0.39, 0.29) is 84.4 Å². The molecule has 16 heteroatoms. The molecule has 1 aromatic carbocycles. The third-order valence-electron chi connectivity index (χ3n) is 6.67. The highest BCUT2D eigenvalue weighted by Crippen LogP contribution is 2.40. The first kappa shape index (κ1) is 40.9. The average Bonchev–Trinajstić information content (AvgIpc) is 2.95. The minimum Gasteiger partial charge on any atom is -0.461 e. The number of aliphatic hydroxyl groups excluding tert-OH is 2. The van der Waals surface area contributed by atoms with E-state index in [2.05, 4.69) is 0 Å². The first-order valence-corrected chi connectivity index (χ1v) is 14.5. The van der Waals surface area contributed by atoms with E-state index in [1.54, 1.807) is 18.2 Å². The largest absolute Gasteiger partial charge is 0.461 e. The Kier molecular flexibility index (Phi) is 17.7.